The van der Waals surface area contributed by atoms with Crippen LogP contribution in [0.2, 0.25) is 0 Å². The molecule has 250 valence electrons. The topological polar surface area (TPSA) is 103 Å². The van der Waals surface area contributed by atoms with Crippen LogP contribution in [0.15, 0.2) is 94.1 Å². The third-order valence-electron chi connectivity index (χ3n) is 9.88. The number of carbonyl (C=O) groups is 3. The fourth-order valence-corrected chi connectivity index (χ4v) is 6.97. The number of amides is 3. The van der Waals surface area contributed by atoms with E-state index in [1.54, 1.807) is 17.0 Å². The first-order valence-electron chi connectivity index (χ1n) is 17.0. The molecule has 0 spiro atoms. The standard InChI is InChI=1S/C40H40N4O5/c1-26-20-32-35(45)24-37(49-36(32)21-27(26)2)39(47)41-33(23-28-13-14-29-8-3-4-9-30(29)22-28)40(48)43-18-16-42(17-19-43)34-11-6-5-10-31(34)25-44-15-7-12-38(44)46/h3-6,8-11,13-14,20-22,24,33H,7,12,15-19,23,25H2,1-2H3,(H,41,47)/t33-/m1/s1. The predicted octanol–water partition coefficient (Wildman–Crippen LogP) is 5.38. The van der Waals surface area contributed by atoms with Crippen molar-refractivity contribution in [1.29, 1.82) is 0 Å². The molecule has 3 heterocycles. The molecule has 9 nitrogen and oxygen atoms in total. The number of nitrogens with zero attached hydrogens (tertiary/aromatic N) is 3. The quantitative estimate of drug-likeness (QED) is 0.241. The summed E-state index contributed by atoms with van der Waals surface area (Å²) < 4.78 is 5.93. The van der Waals surface area contributed by atoms with E-state index in [-0.39, 0.29) is 29.4 Å². The second-order valence-corrected chi connectivity index (χ2v) is 13.2. The zero-order chi connectivity index (χ0) is 34.1. The first-order valence-corrected chi connectivity index (χ1v) is 17.0. The Morgan fingerprint density at radius 3 is 2.33 bits per heavy atom. The molecule has 4 aromatic carbocycles. The number of likely N-dealkylation sites (tertiary alicyclic amines) is 1. The van der Waals surface area contributed by atoms with E-state index in [4.69, 9.17) is 4.42 Å². The molecule has 49 heavy (non-hydrogen) atoms. The molecule has 1 aromatic heterocycles. The number of anilines is 1. The van der Waals surface area contributed by atoms with Crippen molar-refractivity contribution in [3.8, 4) is 0 Å². The molecule has 3 amide bonds. The summed E-state index contributed by atoms with van der Waals surface area (Å²) in [5.41, 5.74) is 5.02. The van der Waals surface area contributed by atoms with E-state index in [2.05, 4.69) is 22.3 Å². The molecule has 7 rings (SSSR count). The van der Waals surface area contributed by atoms with Gasteiger partial charge in [-0.2, -0.15) is 0 Å². The third kappa shape index (κ3) is 6.79. The van der Waals surface area contributed by atoms with E-state index in [1.165, 1.54) is 6.07 Å². The van der Waals surface area contributed by atoms with Crippen LogP contribution in [0.3, 0.4) is 0 Å². The lowest BCUT2D eigenvalue weighted by molar-refractivity contribution is -0.133. The highest BCUT2D eigenvalue weighted by atomic mass is 16.3. The minimum absolute atomic E-state index is 0.130. The Balaban J connectivity index is 1.11. The van der Waals surface area contributed by atoms with E-state index in [0.29, 0.717) is 50.1 Å². The molecule has 5 aromatic rings. The lowest BCUT2D eigenvalue weighted by Gasteiger charge is -2.38. The van der Waals surface area contributed by atoms with Gasteiger partial charge in [0.15, 0.2) is 11.2 Å². The number of hydrogen-bond donors (Lipinski definition) is 1. The van der Waals surface area contributed by atoms with Crippen LogP contribution >= 0.6 is 0 Å². The normalized spacial score (nSPS) is 15.6. The minimum Gasteiger partial charge on any atom is -0.451 e. The zero-order valence-corrected chi connectivity index (χ0v) is 27.9. The minimum atomic E-state index is -0.880. The van der Waals surface area contributed by atoms with Crippen LogP contribution in [-0.2, 0) is 22.6 Å². The number of fused-ring (bicyclic) bond motifs is 2. The van der Waals surface area contributed by atoms with E-state index in [1.807, 2.05) is 73.3 Å². The van der Waals surface area contributed by atoms with Crippen LogP contribution in [0.1, 0.15) is 45.7 Å². The summed E-state index contributed by atoms with van der Waals surface area (Å²) in [4.78, 5) is 59.2. The second-order valence-electron chi connectivity index (χ2n) is 13.2. The highest BCUT2D eigenvalue weighted by Gasteiger charge is 2.31. The first-order chi connectivity index (χ1) is 23.7. The molecule has 9 heteroatoms. The number of aryl methyl sites for hydroxylation is 2. The summed E-state index contributed by atoms with van der Waals surface area (Å²) in [6.07, 6.45) is 1.77. The number of hydrogen-bond acceptors (Lipinski definition) is 6. The van der Waals surface area contributed by atoms with Crippen LogP contribution in [0, 0.1) is 13.8 Å². The predicted molar refractivity (Wildman–Crippen MR) is 191 cm³/mol. The molecule has 0 radical (unpaired) electrons. The highest BCUT2D eigenvalue weighted by molar-refractivity contribution is 5.97. The van der Waals surface area contributed by atoms with Crippen molar-refractivity contribution in [2.24, 2.45) is 0 Å². The highest BCUT2D eigenvalue weighted by Crippen LogP contribution is 2.26. The molecule has 1 N–H and O–H groups in total. The van der Waals surface area contributed by atoms with Gasteiger partial charge in [-0.3, -0.25) is 19.2 Å². The lowest BCUT2D eigenvalue weighted by Crippen LogP contribution is -2.55. The van der Waals surface area contributed by atoms with Gasteiger partial charge < -0.3 is 24.4 Å². The van der Waals surface area contributed by atoms with Crippen molar-refractivity contribution in [2.75, 3.05) is 37.6 Å². The summed E-state index contributed by atoms with van der Waals surface area (Å²) in [5, 5.41) is 5.48. The molecule has 0 bridgehead atoms. The maximum absolute atomic E-state index is 14.2. The molecule has 2 fully saturated rings. The number of piperazine rings is 1. The van der Waals surface area contributed by atoms with Gasteiger partial charge in [-0.25, -0.2) is 0 Å². The smallest absolute Gasteiger partial charge is 0.287 e. The zero-order valence-electron chi connectivity index (χ0n) is 27.9. The van der Waals surface area contributed by atoms with E-state index in [0.717, 1.165) is 51.7 Å². The SMILES string of the molecule is Cc1cc2oc(C(=O)N[C@H](Cc3ccc4ccccc4c3)C(=O)N3CCN(c4ccccc4CN4CCCC4=O)CC3)cc(=O)c2cc1C. The number of carbonyl (C=O) groups excluding carboxylic acids is 3. The summed E-state index contributed by atoms with van der Waals surface area (Å²) in [6, 6.07) is 26.1. The maximum atomic E-state index is 14.2. The van der Waals surface area contributed by atoms with Crippen LogP contribution in [-0.4, -0.2) is 66.3 Å². The molecule has 1 atom stereocenters. The molecule has 2 aliphatic heterocycles. The van der Waals surface area contributed by atoms with Crippen molar-refractivity contribution in [3.05, 3.63) is 123 Å². The van der Waals surface area contributed by atoms with Crippen LogP contribution in [0.5, 0.6) is 0 Å². The molecule has 0 aliphatic carbocycles. The number of benzene rings is 4. The van der Waals surface area contributed by atoms with Crippen molar-refractivity contribution in [2.45, 2.75) is 45.7 Å². The summed E-state index contributed by atoms with van der Waals surface area (Å²) >= 11 is 0. The lowest BCUT2D eigenvalue weighted by atomic mass is 10.0. The Kier molecular flexibility index (Phi) is 8.91. The van der Waals surface area contributed by atoms with Gasteiger partial charge in [0, 0.05) is 63.9 Å². The molecule has 0 saturated carbocycles. The average molecular weight is 657 g/mol. The van der Waals surface area contributed by atoms with Crippen molar-refractivity contribution < 1.29 is 18.8 Å². The van der Waals surface area contributed by atoms with Gasteiger partial charge in [-0.15, -0.1) is 0 Å². The Morgan fingerprint density at radius 2 is 1.55 bits per heavy atom. The molecular formula is C40H40N4O5. The van der Waals surface area contributed by atoms with Gasteiger partial charge >= 0.3 is 0 Å². The Bertz CT molecular complexity index is 2130. The Labute approximate surface area is 285 Å². The van der Waals surface area contributed by atoms with Crippen LogP contribution < -0.4 is 15.6 Å². The summed E-state index contributed by atoms with van der Waals surface area (Å²) in [7, 11) is 0. The van der Waals surface area contributed by atoms with E-state index >= 15 is 0 Å². The van der Waals surface area contributed by atoms with Crippen molar-refractivity contribution in [1.82, 2.24) is 15.1 Å². The number of para-hydroxylation sites is 1. The third-order valence-corrected chi connectivity index (χ3v) is 9.88. The summed E-state index contributed by atoms with van der Waals surface area (Å²) in [6.45, 7) is 7.39. The number of rotatable bonds is 8. The Hall–Kier alpha value is -5.44. The number of nitrogens with one attached hydrogen (secondary N) is 1. The fourth-order valence-electron chi connectivity index (χ4n) is 6.97. The average Bonchev–Trinajstić information content (AvgIpc) is 3.52. The van der Waals surface area contributed by atoms with Gasteiger partial charge in [0.05, 0.1) is 5.39 Å². The van der Waals surface area contributed by atoms with Crippen LogP contribution in [0.4, 0.5) is 5.69 Å². The van der Waals surface area contributed by atoms with Gasteiger partial charge in [-0.05, 0) is 71.5 Å². The van der Waals surface area contributed by atoms with Gasteiger partial charge in [-0.1, -0.05) is 60.7 Å². The molecular weight excluding hydrogens is 616 g/mol. The monoisotopic (exact) mass is 656 g/mol. The van der Waals surface area contributed by atoms with E-state index in [9.17, 15) is 19.2 Å². The second kappa shape index (κ2) is 13.6. The molecule has 0 unspecified atom stereocenters. The summed E-state index contributed by atoms with van der Waals surface area (Å²) in [5.74, 6) is -0.736. The van der Waals surface area contributed by atoms with Crippen molar-refractivity contribution in [3.63, 3.8) is 0 Å². The van der Waals surface area contributed by atoms with Crippen molar-refractivity contribution >= 4 is 45.2 Å². The maximum Gasteiger partial charge on any atom is 0.287 e. The molecule has 2 aliphatic rings. The van der Waals surface area contributed by atoms with Crippen LogP contribution in [0.25, 0.3) is 21.7 Å². The largest absolute Gasteiger partial charge is 0.451 e. The first kappa shape index (κ1) is 32.1. The Morgan fingerprint density at radius 1 is 0.816 bits per heavy atom. The van der Waals surface area contributed by atoms with Gasteiger partial charge in [0.25, 0.3) is 5.91 Å². The van der Waals surface area contributed by atoms with E-state index < -0.39 is 11.9 Å². The molecule has 2 saturated heterocycles. The fraction of sp³-hybridized carbons (Fsp3) is 0.300. The van der Waals surface area contributed by atoms with Gasteiger partial charge in [0.1, 0.15) is 11.6 Å². The van der Waals surface area contributed by atoms with Gasteiger partial charge in [0.2, 0.25) is 11.8 Å².